The van der Waals surface area contributed by atoms with Crippen LogP contribution in [0.2, 0.25) is 0 Å². The molecule has 0 saturated carbocycles. The lowest BCUT2D eigenvalue weighted by Gasteiger charge is -2.40. The summed E-state index contributed by atoms with van der Waals surface area (Å²) in [6.45, 7) is 1.95. The van der Waals surface area contributed by atoms with Gasteiger partial charge in [0.1, 0.15) is 11.4 Å². The second kappa shape index (κ2) is 14.2. The third kappa shape index (κ3) is 6.79. The van der Waals surface area contributed by atoms with Crippen LogP contribution in [0.15, 0.2) is 126 Å². The average Bonchev–Trinajstić information content (AvgIpc) is 3.12. The normalized spacial score (nSPS) is 17.9. The highest BCUT2D eigenvalue weighted by Gasteiger charge is 2.44. The van der Waals surface area contributed by atoms with Crippen molar-refractivity contribution < 1.29 is 23.1 Å². The highest BCUT2D eigenvalue weighted by molar-refractivity contribution is 7.90. The number of aryl methyl sites for hydroxylation is 2. The highest BCUT2D eigenvalue weighted by atomic mass is 32.2. The zero-order valence-electron chi connectivity index (χ0n) is 27.2. The van der Waals surface area contributed by atoms with Gasteiger partial charge in [0.05, 0.1) is 11.3 Å². The van der Waals surface area contributed by atoms with Gasteiger partial charge in [-0.2, -0.15) is 0 Å². The molecule has 2 unspecified atom stereocenters. The largest absolute Gasteiger partial charge is 0.512 e. The molecule has 8 nitrogen and oxygen atoms in total. The summed E-state index contributed by atoms with van der Waals surface area (Å²) in [5.41, 5.74) is 3.03. The molecule has 48 heavy (non-hydrogen) atoms. The minimum Gasteiger partial charge on any atom is -0.512 e. The van der Waals surface area contributed by atoms with Gasteiger partial charge in [-0.3, -0.25) is 4.99 Å². The van der Waals surface area contributed by atoms with E-state index in [-0.39, 0.29) is 17.8 Å². The number of aliphatic hydroxyl groups excluding tert-OH is 1. The van der Waals surface area contributed by atoms with E-state index in [1.54, 1.807) is 11.1 Å². The second-order valence-electron chi connectivity index (χ2n) is 12.4. The van der Waals surface area contributed by atoms with Crippen LogP contribution in [0.5, 0.6) is 0 Å². The number of sulfonamides is 1. The minimum absolute atomic E-state index is 0.0190. The number of benzene rings is 4. The first-order valence-corrected chi connectivity index (χ1v) is 18.0. The summed E-state index contributed by atoms with van der Waals surface area (Å²) in [6.07, 6.45) is 4.75. The molecule has 4 aromatic rings. The molecule has 2 aliphatic heterocycles. The maximum absolute atomic E-state index is 14.2. The van der Waals surface area contributed by atoms with E-state index < -0.39 is 33.0 Å². The van der Waals surface area contributed by atoms with Crippen molar-refractivity contribution >= 4 is 33.6 Å². The van der Waals surface area contributed by atoms with Gasteiger partial charge in [-0.15, -0.1) is 0 Å². The van der Waals surface area contributed by atoms with E-state index in [1.165, 1.54) is 7.05 Å². The van der Waals surface area contributed by atoms with Crippen molar-refractivity contribution in [1.82, 2.24) is 4.72 Å². The molecule has 0 fully saturated rings. The molecule has 6 rings (SSSR count). The lowest BCUT2D eigenvalue weighted by atomic mass is 9.79. The second-order valence-corrected chi connectivity index (χ2v) is 14.3. The van der Waals surface area contributed by atoms with Gasteiger partial charge in [-0.25, -0.2) is 17.9 Å². The molecule has 2 heterocycles. The van der Waals surface area contributed by atoms with Crippen LogP contribution in [0.1, 0.15) is 60.8 Å². The van der Waals surface area contributed by atoms with Gasteiger partial charge in [0.2, 0.25) is 5.50 Å². The van der Waals surface area contributed by atoms with Gasteiger partial charge in [0, 0.05) is 29.8 Å². The summed E-state index contributed by atoms with van der Waals surface area (Å²) in [5, 5.41) is 11.8. The predicted octanol–water partition coefficient (Wildman–Crippen LogP) is 7.35. The van der Waals surface area contributed by atoms with Crippen LogP contribution < -0.4 is 9.62 Å². The summed E-state index contributed by atoms with van der Waals surface area (Å²) in [7, 11) is -2.54. The molecule has 0 bridgehead atoms. The number of rotatable bonds is 12. The zero-order valence-corrected chi connectivity index (χ0v) is 28.1. The smallest absolute Gasteiger partial charge is 0.338 e. The van der Waals surface area contributed by atoms with Crippen molar-refractivity contribution in [2.75, 3.05) is 11.9 Å². The Morgan fingerprint density at radius 1 is 0.875 bits per heavy atom. The molecule has 0 aromatic heterocycles. The average molecular weight is 664 g/mol. The Bertz CT molecular complexity index is 1880. The molecular formula is C39H41N3O5S. The standard InChI is InChI=1S/C39H41N3O5S/c1-3-31(32-19-11-13-21-34(32)42-33-20-12-10-18-30(33)27-41-38(42)48(45,46)40-2)36-35(43)26-39(47-37(36)44,24-22-28-14-6-4-7-15-28)25-23-29-16-8-5-9-17-29/h4-21,27,31,38,40,43H,3,22-26H2,1-2H3. The van der Waals surface area contributed by atoms with Gasteiger partial charge < -0.3 is 14.7 Å². The fourth-order valence-corrected chi connectivity index (χ4v) is 7.82. The molecule has 0 spiro atoms. The fourth-order valence-electron chi connectivity index (χ4n) is 6.89. The molecule has 248 valence electrons. The third-order valence-corrected chi connectivity index (χ3v) is 10.9. The highest BCUT2D eigenvalue weighted by Crippen LogP contribution is 2.46. The lowest BCUT2D eigenvalue weighted by molar-refractivity contribution is -0.161. The Labute approximate surface area is 282 Å². The number of hydrogen-bond donors (Lipinski definition) is 2. The number of nitrogens with one attached hydrogen (secondary N) is 1. The van der Waals surface area contributed by atoms with E-state index in [1.807, 2.05) is 91.9 Å². The van der Waals surface area contributed by atoms with Crippen LogP contribution in [0.3, 0.4) is 0 Å². The summed E-state index contributed by atoms with van der Waals surface area (Å²) in [4.78, 5) is 20.3. The van der Waals surface area contributed by atoms with Crippen molar-refractivity contribution in [2.24, 2.45) is 4.99 Å². The summed E-state index contributed by atoms with van der Waals surface area (Å²) >= 11 is 0. The van der Waals surface area contributed by atoms with Crippen LogP contribution >= 0.6 is 0 Å². The topological polar surface area (TPSA) is 108 Å². The number of anilines is 2. The Kier molecular flexibility index (Phi) is 9.80. The number of para-hydroxylation sites is 2. The Hall–Kier alpha value is -4.73. The van der Waals surface area contributed by atoms with Crippen molar-refractivity contribution in [1.29, 1.82) is 0 Å². The molecule has 0 saturated heterocycles. The third-order valence-electron chi connectivity index (χ3n) is 9.40. The van der Waals surface area contributed by atoms with Gasteiger partial charge in [-0.1, -0.05) is 104 Å². The van der Waals surface area contributed by atoms with E-state index in [2.05, 4.69) is 34.0 Å². The molecule has 4 aromatic carbocycles. The van der Waals surface area contributed by atoms with E-state index in [4.69, 9.17) is 4.74 Å². The number of cyclic esters (lactones) is 1. The van der Waals surface area contributed by atoms with Gasteiger partial charge in [-0.05, 0) is 68.0 Å². The van der Waals surface area contributed by atoms with Crippen molar-refractivity contribution in [3.63, 3.8) is 0 Å². The number of ether oxygens (including phenoxy) is 1. The van der Waals surface area contributed by atoms with E-state index >= 15 is 0 Å². The van der Waals surface area contributed by atoms with E-state index in [9.17, 15) is 18.3 Å². The van der Waals surface area contributed by atoms with Gasteiger partial charge in [0.25, 0.3) is 10.0 Å². The molecule has 0 amide bonds. The first-order valence-electron chi connectivity index (χ1n) is 16.4. The number of hydrogen-bond acceptors (Lipinski definition) is 7. The Morgan fingerprint density at radius 3 is 2.02 bits per heavy atom. The number of carbonyl (C=O) groups excluding carboxylic acids is 1. The SMILES string of the molecule is CCC(C1=C(O)CC(CCc2ccccc2)(CCc2ccccc2)OC1=O)c1ccccc1N1c2ccccc2C=NC1S(=O)(=O)NC. The van der Waals surface area contributed by atoms with Crippen LogP contribution in [-0.4, -0.2) is 43.9 Å². The molecule has 0 radical (unpaired) electrons. The molecule has 9 heteroatoms. The molecule has 2 aliphatic rings. The first kappa shape index (κ1) is 33.2. The number of aliphatic imine (C=N–C) groups is 1. The Balaban J connectivity index is 1.39. The number of esters is 1. The molecular weight excluding hydrogens is 623 g/mol. The minimum atomic E-state index is -3.91. The first-order chi connectivity index (χ1) is 23.2. The van der Waals surface area contributed by atoms with Crippen LogP contribution in [0.25, 0.3) is 0 Å². The van der Waals surface area contributed by atoms with E-state index in [0.29, 0.717) is 49.0 Å². The maximum Gasteiger partial charge on any atom is 0.338 e. The quantitative estimate of drug-likeness (QED) is 0.154. The van der Waals surface area contributed by atoms with Crippen LogP contribution in [0.4, 0.5) is 11.4 Å². The summed E-state index contributed by atoms with van der Waals surface area (Å²) < 4.78 is 35.5. The van der Waals surface area contributed by atoms with Crippen molar-refractivity contribution in [3.8, 4) is 0 Å². The molecule has 2 atom stereocenters. The summed E-state index contributed by atoms with van der Waals surface area (Å²) in [5.74, 6) is -1.09. The Morgan fingerprint density at radius 2 is 1.44 bits per heavy atom. The molecule has 2 N–H and O–H groups in total. The number of fused-ring (bicyclic) bond motifs is 1. The number of nitrogens with zero attached hydrogens (tertiary/aromatic N) is 2. The zero-order chi connectivity index (χ0) is 33.7. The van der Waals surface area contributed by atoms with E-state index in [0.717, 1.165) is 16.7 Å². The predicted molar refractivity (Wildman–Crippen MR) is 190 cm³/mol. The van der Waals surface area contributed by atoms with Crippen LogP contribution in [-0.2, 0) is 32.4 Å². The van der Waals surface area contributed by atoms with Crippen LogP contribution in [0, 0.1) is 0 Å². The summed E-state index contributed by atoms with van der Waals surface area (Å²) in [6, 6.07) is 35.1. The number of aliphatic hydroxyl groups is 1. The van der Waals surface area contributed by atoms with Crippen molar-refractivity contribution in [2.45, 2.75) is 62.5 Å². The lowest BCUT2D eigenvalue weighted by Crippen LogP contribution is -2.45. The number of carbonyl (C=O) groups is 1. The van der Waals surface area contributed by atoms with Gasteiger partial charge >= 0.3 is 5.97 Å². The molecule has 0 aliphatic carbocycles. The fraction of sp³-hybridized carbons (Fsp3) is 0.282. The van der Waals surface area contributed by atoms with Crippen molar-refractivity contribution in [3.05, 3.63) is 143 Å². The van der Waals surface area contributed by atoms with Gasteiger partial charge in [0.15, 0.2) is 0 Å². The maximum atomic E-state index is 14.2. The monoisotopic (exact) mass is 663 g/mol.